The predicted octanol–water partition coefficient (Wildman–Crippen LogP) is 1.18. The van der Waals surface area contributed by atoms with Crippen LogP contribution < -0.4 is 10.6 Å². The molecule has 0 aliphatic rings. The first-order valence-corrected chi connectivity index (χ1v) is 7.96. The second-order valence-corrected chi connectivity index (χ2v) is 5.33. The van der Waals surface area contributed by atoms with Gasteiger partial charge in [-0.2, -0.15) is 11.8 Å². The van der Waals surface area contributed by atoms with Gasteiger partial charge in [-0.25, -0.2) is 0 Å². The molecule has 0 aromatic carbocycles. The van der Waals surface area contributed by atoms with Crippen LogP contribution in [-0.4, -0.2) is 49.6 Å². The Morgan fingerprint density at radius 3 is 2.47 bits per heavy atom. The number of methoxy groups -OCH3 is 1. The summed E-state index contributed by atoms with van der Waals surface area (Å²) in [5.74, 6) is 1.03. The lowest BCUT2D eigenvalue weighted by molar-refractivity contribution is -0.143. The molecule has 1 atom stereocenters. The molecule has 5 nitrogen and oxygen atoms in total. The first kappa shape index (κ1) is 18.2. The molecule has 0 radical (unpaired) electrons. The van der Waals surface area contributed by atoms with Crippen LogP contribution in [0.1, 0.15) is 33.1 Å². The third kappa shape index (κ3) is 9.78. The van der Waals surface area contributed by atoms with E-state index in [1.807, 2.05) is 13.8 Å². The molecule has 112 valence electrons. The SMILES string of the molecule is CCCNC(=O)CSCCC(NCCC)C(=O)OC. The zero-order valence-corrected chi connectivity index (χ0v) is 13.0. The monoisotopic (exact) mass is 290 g/mol. The molecule has 1 unspecified atom stereocenters. The van der Waals surface area contributed by atoms with Gasteiger partial charge in [0.05, 0.1) is 12.9 Å². The van der Waals surface area contributed by atoms with Crippen molar-refractivity contribution in [3.05, 3.63) is 0 Å². The van der Waals surface area contributed by atoms with Crippen LogP contribution >= 0.6 is 11.8 Å². The summed E-state index contributed by atoms with van der Waals surface area (Å²) in [6.45, 7) is 5.59. The maximum Gasteiger partial charge on any atom is 0.322 e. The predicted molar refractivity (Wildman–Crippen MR) is 79.3 cm³/mol. The lowest BCUT2D eigenvalue weighted by atomic mass is 10.2. The van der Waals surface area contributed by atoms with E-state index in [1.165, 1.54) is 7.11 Å². The number of nitrogens with one attached hydrogen (secondary N) is 2. The minimum absolute atomic E-state index is 0.0583. The number of esters is 1. The molecular weight excluding hydrogens is 264 g/mol. The first-order valence-electron chi connectivity index (χ1n) is 6.81. The summed E-state index contributed by atoms with van der Waals surface area (Å²) in [6, 6.07) is -0.267. The maximum absolute atomic E-state index is 11.5. The molecular formula is C13H26N2O3S. The van der Waals surface area contributed by atoms with Crippen LogP contribution in [-0.2, 0) is 14.3 Å². The summed E-state index contributed by atoms with van der Waals surface area (Å²) in [5, 5.41) is 5.98. The Bertz CT molecular complexity index is 262. The van der Waals surface area contributed by atoms with E-state index < -0.39 is 0 Å². The third-order valence-corrected chi connectivity index (χ3v) is 3.47. The molecule has 0 rings (SSSR count). The molecule has 0 aromatic heterocycles. The molecule has 1 amide bonds. The summed E-state index contributed by atoms with van der Waals surface area (Å²) in [5.41, 5.74) is 0. The summed E-state index contributed by atoms with van der Waals surface area (Å²) in [7, 11) is 1.40. The van der Waals surface area contributed by atoms with Gasteiger partial charge in [0, 0.05) is 6.54 Å². The van der Waals surface area contributed by atoms with Crippen molar-refractivity contribution >= 4 is 23.6 Å². The second kappa shape index (κ2) is 12.3. The third-order valence-electron chi connectivity index (χ3n) is 2.48. The van der Waals surface area contributed by atoms with Crippen LogP contribution in [0.2, 0.25) is 0 Å². The number of rotatable bonds is 11. The second-order valence-electron chi connectivity index (χ2n) is 4.22. The summed E-state index contributed by atoms with van der Waals surface area (Å²) >= 11 is 1.54. The number of hydrogen-bond acceptors (Lipinski definition) is 5. The highest BCUT2D eigenvalue weighted by atomic mass is 32.2. The van der Waals surface area contributed by atoms with Crippen molar-refractivity contribution in [2.45, 2.75) is 39.2 Å². The van der Waals surface area contributed by atoms with Gasteiger partial charge in [-0.15, -0.1) is 0 Å². The van der Waals surface area contributed by atoms with Gasteiger partial charge in [0.1, 0.15) is 6.04 Å². The quantitative estimate of drug-likeness (QED) is 0.442. The number of carbonyl (C=O) groups excluding carboxylic acids is 2. The van der Waals surface area contributed by atoms with Crippen molar-refractivity contribution < 1.29 is 14.3 Å². The van der Waals surface area contributed by atoms with Crippen LogP contribution in [0.4, 0.5) is 0 Å². The van der Waals surface area contributed by atoms with Crippen LogP contribution in [0.3, 0.4) is 0 Å². The average Bonchev–Trinajstić information content (AvgIpc) is 2.43. The summed E-state index contributed by atoms with van der Waals surface area (Å²) in [4.78, 5) is 22.9. The van der Waals surface area contributed by atoms with Gasteiger partial charge in [0.2, 0.25) is 5.91 Å². The van der Waals surface area contributed by atoms with E-state index in [9.17, 15) is 9.59 Å². The molecule has 6 heteroatoms. The number of amides is 1. The number of hydrogen-bond donors (Lipinski definition) is 2. The molecule has 0 aromatic rings. The van der Waals surface area contributed by atoms with Crippen LogP contribution in [0.25, 0.3) is 0 Å². The van der Waals surface area contributed by atoms with Crippen molar-refractivity contribution in [1.29, 1.82) is 0 Å². The Balaban J connectivity index is 3.79. The molecule has 19 heavy (non-hydrogen) atoms. The van der Waals surface area contributed by atoms with Crippen molar-refractivity contribution in [3.63, 3.8) is 0 Å². The minimum Gasteiger partial charge on any atom is -0.468 e. The highest BCUT2D eigenvalue weighted by Gasteiger charge is 2.17. The highest BCUT2D eigenvalue weighted by Crippen LogP contribution is 2.06. The van der Waals surface area contributed by atoms with Crippen LogP contribution in [0, 0.1) is 0 Å². The minimum atomic E-state index is -0.267. The normalized spacial score (nSPS) is 11.9. The standard InChI is InChI=1S/C13H26N2O3S/c1-4-7-14-11(13(17)18-3)6-9-19-10-12(16)15-8-5-2/h11,14H,4-10H2,1-3H3,(H,15,16). The fourth-order valence-electron chi connectivity index (χ4n) is 1.45. The molecule has 2 N–H and O–H groups in total. The van der Waals surface area contributed by atoms with E-state index in [0.29, 0.717) is 12.2 Å². The van der Waals surface area contributed by atoms with E-state index in [1.54, 1.807) is 11.8 Å². The summed E-state index contributed by atoms with van der Waals surface area (Å²) in [6.07, 6.45) is 2.60. The molecule has 0 saturated heterocycles. The van der Waals surface area contributed by atoms with Gasteiger partial charge in [0.15, 0.2) is 0 Å². The van der Waals surface area contributed by atoms with Crippen molar-refractivity contribution in [3.8, 4) is 0 Å². The van der Waals surface area contributed by atoms with Crippen LogP contribution in [0.5, 0.6) is 0 Å². The fourth-order valence-corrected chi connectivity index (χ4v) is 2.28. The van der Waals surface area contributed by atoms with E-state index in [4.69, 9.17) is 4.74 Å². The Hall–Kier alpha value is -0.750. The topological polar surface area (TPSA) is 67.4 Å². The first-order chi connectivity index (χ1) is 9.15. The van der Waals surface area contributed by atoms with E-state index in [-0.39, 0.29) is 17.9 Å². The van der Waals surface area contributed by atoms with Gasteiger partial charge in [-0.3, -0.25) is 9.59 Å². The smallest absolute Gasteiger partial charge is 0.322 e. The lowest BCUT2D eigenvalue weighted by Crippen LogP contribution is -2.38. The summed E-state index contributed by atoms with van der Waals surface area (Å²) < 4.78 is 4.75. The number of carbonyl (C=O) groups is 2. The number of thioether (sulfide) groups is 1. The molecule has 0 spiro atoms. The average molecular weight is 290 g/mol. The van der Waals surface area contributed by atoms with Crippen molar-refractivity contribution in [1.82, 2.24) is 10.6 Å². The molecule has 0 bridgehead atoms. The molecule has 0 aliphatic carbocycles. The van der Waals surface area contributed by atoms with E-state index in [2.05, 4.69) is 10.6 Å². The maximum atomic E-state index is 11.5. The Morgan fingerprint density at radius 1 is 1.21 bits per heavy atom. The Morgan fingerprint density at radius 2 is 1.89 bits per heavy atom. The van der Waals surface area contributed by atoms with Crippen LogP contribution in [0.15, 0.2) is 0 Å². The van der Waals surface area contributed by atoms with Crippen molar-refractivity contribution in [2.75, 3.05) is 31.7 Å². The number of ether oxygens (including phenoxy) is 1. The van der Waals surface area contributed by atoms with Gasteiger partial charge in [-0.05, 0) is 31.6 Å². The molecule has 0 saturated carbocycles. The van der Waals surface area contributed by atoms with Gasteiger partial charge < -0.3 is 15.4 Å². The van der Waals surface area contributed by atoms with Crippen molar-refractivity contribution in [2.24, 2.45) is 0 Å². The zero-order valence-electron chi connectivity index (χ0n) is 12.2. The van der Waals surface area contributed by atoms with Gasteiger partial charge in [-0.1, -0.05) is 13.8 Å². The Labute approximate surface area is 120 Å². The Kier molecular flexibility index (Phi) is 11.8. The lowest BCUT2D eigenvalue weighted by Gasteiger charge is -2.15. The zero-order chi connectivity index (χ0) is 14.5. The van der Waals surface area contributed by atoms with Gasteiger partial charge >= 0.3 is 5.97 Å². The molecule has 0 fully saturated rings. The fraction of sp³-hybridized carbons (Fsp3) is 0.846. The largest absolute Gasteiger partial charge is 0.468 e. The van der Waals surface area contributed by atoms with E-state index in [0.717, 1.165) is 31.7 Å². The molecule has 0 aliphatic heterocycles. The van der Waals surface area contributed by atoms with Gasteiger partial charge in [0.25, 0.3) is 0 Å². The van der Waals surface area contributed by atoms with E-state index >= 15 is 0 Å². The molecule has 0 heterocycles. The highest BCUT2D eigenvalue weighted by molar-refractivity contribution is 7.99.